The van der Waals surface area contributed by atoms with Crippen LogP contribution in [0.3, 0.4) is 0 Å². The summed E-state index contributed by atoms with van der Waals surface area (Å²) in [6.07, 6.45) is 0. The van der Waals surface area contributed by atoms with Gasteiger partial charge in [-0.1, -0.05) is 48.5 Å². The minimum absolute atomic E-state index is 0.187. The van der Waals surface area contributed by atoms with Crippen LogP contribution >= 0.6 is 0 Å². The molecule has 0 saturated heterocycles. The Morgan fingerprint density at radius 1 is 0.960 bits per heavy atom. The third kappa shape index (κ3) is 4.25. The van der Waals surface area contributed by atoms with Crippen LogP contribution < -0.4 is 10.1 Å². The average Bonchev–Trinajstić information content (AvgIpc) is 2.66. The van der Waals surface area contributed by atoms with Gasteiger partial charge in [-0.25, -0.2) is 4.39 Å². The molecule has 3 heteroatoms. The standard InChI is InChI=1S/C22H22FNO/c1-16(18-8-6-10-20(14-18)25-2)24-15-17-7-5-9-19(13-17)21-11-3-4-12-22(21)23/h3-14,16,24H,15H2,1-2H3/t16-/m1/s1. The Bertz CT molecular complexity index is 847. The Kier molecular flexibility index (Phi) is 5.46. The molecule has 0 aromatic heterocycles. The lowest BCUT2D eigenvalue weighted by Crippen LogP contribution is -2.18. The molecule has 2 nitrogen and oxygen atoms in total. The zero-order valence-corrected chi connectivity index (χ0v) is 14.5. The molecule has 1 atom stereocenters. The van der Waals surface area contributed by atoms with Crippen molar-refractivity contribution in [2.75, 3.05) is 7.11 Å². The van der Waals surface area contributed by atoms with Gasteiger partial charge in [0.1, 0.15) is 11.6 Å². The van der Waals surface area contributed by atoms with Crippen molar-refractivity contribution in [2.24, 2.45) is 0 Å². The average molecular weight is 335 g/mol. The fraction of sp³-hybridized carbons (Fsp3) is 0.182. The van der Waals surface area contributed by atoms with Gasteiger partial charge in [-0.2, -0.15) is 0 Å². The number of halogens is 1. The molecular weight excluding hydrogens is 313 g/mol. The first-order chi connectivity index (χ1) is 12.2. The molecule has 1 N–H and O–H groups in total. The number of nitrogens with one attached hydrogen (secondary N) is 1. The third-order valence-corrected chi connectivity index (χ3v) is 4.32. The maximum atomic E-state index is 14.0. The molecule has 0 saturated carbocycles. The van der Waals surface area contributed by atoms with Gasteiger partial charge in [0.2, 0.25) is 0 Å². The van der Waals surface area contributed by atoms with Crippen LogP contribution in [0.1, 0.15) is 24.1 Å². The predicted molar refractivity (Wildman–Crippen MR) is 100 cm³/mol. The summed E-state index contributed by atoms with van der Waals surface area (Å²) in [6.45, 7) is 2.83. The van der Waals surface area contributed by atoms with Crippen molar-refractivity contribution in [2.45, 2.75) is 19.5 Å². The fourth-order valence-corrected chi connectivity index (χ4v) is 2.84. The highest BCUT2D eigenvalue weighted by Crippen LogP contribution is 2.24. The molecule has 0 heterocycles. The smallest absolute Gasteiger partial charge is 0.131 e. The first-order valence-electron chi connectivity index (χ1n) is 8.38. The Hall–Kier alpha value is -2.65. The second-order valence-electron chi connectivity index (χ2n) is 6.06. The van der Waals surface area contributed by atoms with Crippen molar-refractivity contribution >= 4 is 0 Å². The van der Waals surface area contributed by atoms with Gasteiger partial charge >= 0.3 is 0 Å². The van der Waals surface area contributed by atoms with E-state index in [-0.39, 0.29) is 11.9 Å². The van der Waals surface area contributed by atoms with Crippen LogP contribution in [-0.4, -0.2) is 7.11 Å². The SMILES string of the molecule is COc1cccc([C@@H](C)NCc2cccc(-c3ccccc3F)c2)c1. The molecule has 0 aliphatic carbocycles. The molecule has 0 aliphatic rings. The molecule has 0 unspecified atom stereocenters. The van der Waals surface area contributed by atoms with E-state index in [0.29, 0.717) is 12.1 Å². The van der Waals surface area contributed by atoms with Crippen molar-refractivity contribution in [1.82, 2.24) is 5.32 Å². The summed E-state index contributed by atoms with van der Waals surface area (Å²) in [7, 11) is 1.67. The molecule has 128 valence electrons. The lowest BCUT2D eigenvalue weighted by Gasteiger charge is -2.16. The third-order valence-electron chi connectivity index (χ3n) is 4.32. The summed E-state index contributed by atoms with van der Waals surface area (Å²) >= 11 is 0. The van der Waals surface area contributed by atoms with Gasteiger partial charge in [0, 0.05) is 18.2 Å². The number of ether oxygens (including phenoxy) is 1. The van der Waals surface area contributed by atoms with Crippen molar-refractivity contribution in [3.05, 3.63) is 89.7 Å². The fourth-order valence-electron chi connectivity index (χ4n) is 2.84. The normalized spacial score (nSPS) is 12.0. The van der Waals surface area contributed by atoms with Crippen LogP contribution in [0.4, 0.5) is 4.39 Å². The number of benzene rings is 3. The quantitative estimate of drug-likeness (QED) is 0.655. The molecule has 3 rings (SSSR count). The maximum Gasteiger partial charge on any atom is 0.131 e. The van der Waals surface area contributed by atoms with Crippen LogP contribution in [0.15, 0.2) is 72.8 Å². The molecule has 3 aromatic rings. The summed E-state index contributed by atoms with van der Waals surface area (Å²) in [5, 5.41) is 3.51. The van der Waals surface area contributed by atoms with E-state index in [2.05, 4.69) is 24.4 Å². The largest absolute Gasteiger partial charge is 0.497 e. The second-order valence-corrected chi connectivity index (χ2v) is 6.06. The van der Waals surface area contributed by atoms with Crippen LogP contribution in [0, 0.1) is 5.82 Å². The van der Waals surface area contributed by atoms with E-state index in [1.54, 1.807) is 19.2 Å². The van der Waals surface area contributed by atoms with E-state index < -0.39 is 0 Å². The van der Waals surface area contributed by atoms with Gasteiger partial charge in [-0.05, 0) is 47.9 Å². The summed E-state index contributed by atoms with van der Waals surface area (Å²) in [4.78, 5) is 0. The van der Waals surface area contributed by atoms with E-state index >= 15 is 0 Å². The van der Waals surface area contributed by atoms with Crippen LogP contribution in [-0.2, 0) is 6.54 Å². The Balaban J connectivity index is 1.71. The predicted octanol–water partition coefficient (Wildman–Crippen LogP) is 5.35. The zero-order chi connectivity index (χ0) is 17.6. The Morgan fingerprint density at radius 2 is 1.76 bits per heavy atom. The molecule has 0 radical (unpaired) electrons. The topological polar surface area (TPSA) is 21.3 Å². The van der Waals surface area contributed by atoms with E-state index in [1.165, 1.54) is 11.6 Å². The molecule has 0 bridgehead atoms. The van der Waals surface area contributed by atoms with E-state index in [0.717, 1.165) is 16.9 Å². The van der Waals surface area contributed by atoms with Gasteiger partial charge < -0.3 is 10.1 Å². The Labute approximate surface area is 148 Å². The first kappa shape index (κ1) is 17.2. The minimum Gasteiger partial charge on any atom is -0.497 e. The highest BCUT2D eigenvalue weighted by atomic mass is 19.1. The van der Waals surface area contributed by atoms with Crippen LogP contribution in [0.25, 0.3) is 11.1 Å². The van der Waals surface area contributed by atoms with E-state index in [9.17, 15) is 4.39 Å². The molecule has 0 amide bonds. The number of methoxy groups -OCH3 is 1. The molecule has 0 fully saturated rings. The number of rotatable bonds is 6. The minimum atomic E-state index is -0.197. The highest BCUT2D eigenvalue weighted by molar-refractivity contribution is 5.64. The van der Waals surface area contributed by atoms with Crippen LogP contribution in [0.5, 0.6) is 5.75 Å². The zero-order valence-electron chi connectivity index (χ0n) is 14.5. The number of hydrogen-bond donors (Lipinski definition) is 1. The van der Waals surface area contributed by atoms with E-state index in [1.807, 2.05) is 42.5 Å². The van der Waals surface area contributed by atoms with Crippen molar-refractivity contribution in [3.63, 3.8) is 0 Å². The van der Waals surface area contributed by atoms with Crippen molar-refractivity contribution < 1.29 is 9.13 Å². The first-order valence-corrected chi connectivity index (χ1v) is 8.38. The maximum absolute atomic E-state index is 14.0. The highest BCUT2D eigenvalue weighted by Gasteiger charge is 2.08. The summed E-state index contributed by atoms with van der Waals surface area (Å²) in [5.74, 6) is 0.657. The van der Waals surface area contributed by atoms with Crippen molar-refractivity contribution in [3.8, 4) is 16.9 Å². The Morgan fingerprint density at radius 3 is 2.56 bits per heavy atom. The summed E-state index contributed by atoms with van der Waals surface area (Å²) in [6, 6.07) is 23.1. The van der Waals surface area contributed by atoms with Gasteiger partial charge in [-0.3, -0.25) is 0 Å². The molecule has 0 spiro atoms. The van der Waals surface area contributed by atoms with Gasteiger partial charge in [0.15, 0.2) is 0 Å². The summed E-state index contributed by atoms with van der Waals surface area (Å²) < 4.78 is 19.3. The number of hydrogen-bond acceptors (Lipinski definition) is 2. The monoisotopic (exact) mass is 335 g/mol. The lowest BCUT2D eigenvalue weighted by atomic mass is 10.0. The van der Waals surface area contributed by atoms with Crippen molar-refractivity contribution in [1.29, 1.82) is 0 Å². The molecule has 0 aliphatic heterocycles. The molecular formula is C22H22FNO. The van der Waals surface area contributed by atoms with E-state index in [4.69, 9.17) is 4.74 Å². The van der Waals surface area contributed by atoms with Gasteiger partial charge in [-0.15, -0.1) is 0 Å². The molecule has 3 aromatic carbocycles. The van der Waals surface area contributed by atoms with Gasteiger partial charge in [0.25, 0.3) is 0 Å². The summed E-state index contributed by atoms with van der Waals surface area (Å²) in [5.41, 5.74) is 3.82. The van der Waals surface area contributed by atoms with Gasteiger partial charge in [0.05, 0.1) is 7.11 Å². The second kappa shape index (κ2) is 7.95. The lowest BCUT2D eigenvalue weighted by molar-refractivity contribution is 0.413. The van der Waals surface area contributed by atoms with Crippen LogP contribution in [0.2, 0.25) is 0 Å². The molecule has 25 heavy (non-hydrogen) atoms.